The van der Waals surface area contributed by atoms with Crippen molar-refractivity contribution in [1.29, 1.82) is 0 Å². The van der Waals surface area contributed by atoms with Gasteiger partial charge in [-0.2, -0.15) is 0 Å². The summed E-state index contributed by atoms with van der Waals surface area (Å²) in [6.07, 6.45) is 4.95. The fourth-order valence-corrected chi connectivity index (χ4v) is 4.46. The van der Waals surface area contributed by atoms with Crippen LogP contribution in [-0.4, -0.2) is 45.5 Å². The van der Waals surface area contributed by atoms with Crippen molar-refractivity contribution in [3.63, 3.8) is 0 Å². The van der Waals surface area contributed by atoms with Crippen LogP contribution in [0.3, 0.4) is 0 Å². The van der Waals surface area contributed by atoms with Crippen molar-refractivity contribution in [2.24, 2.45) is 5.92 Å². The van der Waals surface area contributed by atoms with Gasteiger partial charge in [-0.15, -0.1) is 0 Å². The Labute approximate surface area is 177 Å². The molecule has 0 aliphatic carbocycles. The summed E-state index contributed by atoms with van der Waals surface area (Å²) in [6.45, 7) is 5.97. The largest absolute Gasteiger partial charge is 0.496 e. The predicted molar refractivity (Wildman–Crippen MR) is 118 cm³/mol. The van der Waals surface area contributed by atoms with Gasteiger partial charge in [-0.05, 0) is 56.4 Å². The van der Waals surface area contributed by atoms with Gasteiger partial charge in [-0.1, -0.05) is 18.2 Å². The molecule has 0 radical (unpaired) electrons. The van der Waals surface area contributed by atoms with Crippen LogP contribution in [0.25, 0.3) is 11.2 Å². The van der Waals surface area contributed by atoms with Gasteiger partial charge in [0, 0.05) is 38.2 Å². The molecule has 6 nitrogen and oxygen atoms in total. The lowest BCUT2D eigenvalue weighted by atomic mass is 10.0. The van der Waals surface area contributed by atoms with Crippen LogP contribution in [0.1, 0.15) is 44.1 Å². The third-order valence-electron chi connectivity index (χ3n) is 5.95. The van der Waals surface area contributed by atoms with Gasteiger partial charge in [0.15, 0.2) is 5.65 Å². The molecule has 1 amide bonds. The Balaban J connectivity index is 1.38. The number of benzene rings is 1. The summed E-state index contributed by atoms with van der Waals surface area (Å²) >= 11 is 0. The average Bonchev–Trinajstić information content (AvgIpc) is 3.36. The maximum atomic E-state index is 12.8. The fraction of sp³-hybridized carbons (Fsp3) is 0.458. The number of hydrogen-bond donors (Lipinski definition) is 0. The van der Waals surface area contributed by atoms with Crippen molar-refractivity contribution in [2.45, 2.75) is 45.6 Å². The molecule has 158 valence electrons. The lowest BCUT2D eigenvalue weighted by Gasteiger charge is -2.18. The second kappa shape index (κ2) is 8.86. The molecular formula is C24H30N4O2. The lowest BCUT2D eigenvalue weighted by Crippen LogP contribution is -2.29. The molecule has 1 unspecified atom stereocenters. The Morgan fingerprint density at radius 3 is 2.87 bits per heavy atom. The minimum atomic E-state index is 0.224. The van der Waals surface area contributed by atoms with Crippen LogP contribution in [0.5, 0.6) is 5.75 Å². The number of nitrogens with zero attached hydrogens (tertiary/aromatic N) is 4. The third-order valence-corrected chi connectivity index (χ3v) is 5.95. The van der Waals surface area contributed by atoms with Gasteiger partial charge in [0.2, 0.25) is 5.91 Å². The van der Waals surface area contributed by atoms with E-state index in [4.69, 9.17) is 9.72 Å². The number of carbonyl (C=O) groups is 1. The quantitative estimate of drug-likeness (QED) is 0.594. The number of para-hydroxylation sites is 1. The zero-order chi connectivity index (χ0) is 21.1. The number of rotatable bonds is 7. The van der Waals surface area contributed by atoms with Crippen LogP contribution in [0, 0.1) is 5.92 Å². The van der Waals surface area contributed by atoms with Crippen LogP contribution in [0.4, 0.5) is 0 Å². The number of aromatic nitrogens is 3. The molecule has 0 N–H and O–H groups in total. The number of aryl methyl sites for hydroxylation is 1. The van der Waals surface area contributed by atoms with E-state index in [9.17, 15) is 4.79 Å². The highest BCUT2D eigenvalue weighted by Crippen LogP contribution is 2.26. The summed E-state index contributed by atoms with van der Waals surface area (Å²) < 4.78 is 7.64. The van der Waals surface area contributed by atoms with Crippen molar-refractivity contribution in [3.05, 3.63) is 54.0 Å². The van der Waals surface area contributed by atoms with Crippen LogP contribution in [0.15, 0.2) is 42.6 Å². The van der Waals surface area contributed by atoms with Gasteiger partial charge >= 0.3 is 0 Å². The van der Waals surface area contributed by atoms with E-state index < -0.39 is 0 Å². The molecule has 1 aromatic carbocycles. The number of carbonyl (C=O) groups excluding carboxylic acids is 1. The molecule has 3 aromatic rings. The Bertz CT molecular complexity index is 1030. The average molecular weight is 407 g/mol. The normalized spacial score (nSPS) is 16.5. The second-order valence-electron chi connectivity index (χ2n) is 8.35. The predicted octanol–water partition coefficient (Wildman–Crippen LogP) is 4.04. The van der Waals surface area contributed by atoms with Crippen molar-refractivity contribution >= 4 is 17.1 Å². The monoisotopic (exact) mass is 406 g/mol. The smallest absolute Gasteiger partial charge is 0.222 e. The summed E-state index contributed by atoms with van der Waals surface area (Å²) in [6, 6.07) is 12.2. The zero-order valence-electron chi connectivity index (χ0n) is 18.0. The van der Waals surface area contributed by atoms with Crippen LogP contribution < -0.4 is 4.74 Å². The molecule has 1 aliphatic heterocycles. The first-order valence-corrected chi connectivity index (χ1v) is 10.8. The number of hydrogen-bond acceptors (Lipinski definition) is 4. The van der Waals surface area contributed by atoms with Crippen LogP contribution >= 0.6 is 0 Å². The minimum Gasteiger partial charge on any atom is -0.496 e. The van der Waals surface area contributed by atoms with E-state index in [1.54, 1.807) is 7.11 Å². The molecule has 4 rings (SSSR count). The molecular weight excluding hydrogens is 376 g/mol. The van der Waals surface area contributed by atoms with E-state index in [0.29, 0.717) is 24.8 Å². The van der Waals surface area contributed by atoms with Crippen molar-refractivity contribution < 1.29 is 9.53 Å². The first-order chi connectivity index (χ1) is 14.6. The number of imidazole rings is 1. The van der Waals surface area contributed by atoms with Gasteiger partial charge in [0.25, 0.3) is 0 Å². The van der Waals surface area contributed by atoms with E-state index >= 15 is 0 Å². The van der Waals surface area contributed by atoms with Crippen LogP contribution in [0.2, 0.25) is 0 Å². The van der Waals surface area contributed by atoms with Crippen molar-refractivity contribution in [2.75, 3.05) is 20.2 Å². The van der Waals surface area contributed by atoms with Gasteiger partial charge in [-0.25, -0.2) is 9.97 Å². The highest BCUT2D eigenvalue weighted by molar-refractivity contribution is 5.77. The first kappa shape index (κ1) is 20.4. The van der Waals surface area contributed by atoms with E-state index in [0.717, 1.165) is 54.2 Å². The lowest BCUT2D eigenvalue weighted by molar-refractivity contribution is -0.130. The highest BCUT2D eigenvalue weighted by atomic mass is 16.5. The number of likely N-dealkylation sites (tertiary alicyclic amines) is 1. The number of fused-ring (bicyclic) bond motifs is 1. The van der Waals surface area contributed by atoms with Crippen LogP contribution in [-0.2, 0) is 17.6 Å². The summed E-state index contributed by atoms with van der Waals surface area (Å²) in [7, 11) is 1.67. The third kappa shape index (κ3) is 4.18. The number of ether oxygens (including phenoxy) is 1. The van der Waals surface area contributed by atoms with Gasteiger partial charge < -0.3 is 14.2 Å². The Morgan fingerprint density at radius 1 is 1.23 bits per heavy atom. The topological polar surface area (TPSA) is 60.2 Å². The number of amides is 1. The zero-order valence-corrected chi connectivity index (χ0v) is 18.0. The van der Waals surface area contributed by atoms with E-state index in [1.165, 1.54) is 0 Å². The standard InChI is InChI=1S/C24H30N4O2/c1-17(2)28-22(26-20-8-6-13-25-24(20)28)15-18-12-14-27(16-18)23(29)11-10-19-7-4-5-9-21(19)30-3/h4-9,13,17-18H,10-12,14-16H2,1-3H3. The van der Waals surface area contributed by atoms with Gasteiger partial charge in [0.1, 0.15) is 17.1 Å². The molecule has 1 saturated heterocycles. The van der Waals surface area contributed by atoms with Crippen molar-refractivity contribution in [3.8, 4) is 5.75 Å². The molecule has 0 spiro atoms. The number of methoxy groups -OCH3 is 1. The molecule has 1 fully saturated rings. The minimum absolute atomic E-state index is 0.224. The van der Waals surface area contributed by atoms with E-state index in [1.807, 2.05) is 47.5 Å². The molecule has 0 saturated carbocycles. The maximum absolute atomic E-state index is 12.8. The highest BCUT2D eigenvalue weighted by Gasteiger charge is 2.28. The molecule has 1 atom stereocenters. The summed E-state index contributed by atoms with van der Waals surface area (Å²) in [5.74, 6) is 2.59. The summed E-state index contributed by atoms with van der Waals surface area (Å²) in [5, 5.41) is 0. The SMILES string of the molecule is COc1ccccc1CCC(=O)N1CCC(Cc2nc3cccnc3n2C(C)C)C1. The Kier molecular flexibility index (Phi) is 6.02. The Hall–Kier alpha value is -2.89. The summed E-state index contributed by atoms with van der Waals surface area (Å²) in [5.41, 5.74) is 2.98. The molecule has 6 heteroatoms. The van der Waals surface area contributed by atoms with Crippen molar-refractivity contribution in [1.82, 2.24) is 19.4 Å². The molecule has 30 heavy (non-hydrogen) atoms. The van der Waals surface area contributed by atoms with E-state index in [2.05, 4.69) is 23.4 Å². The molecule has 2 aromatic heterocycles. The molecule has 0 bridgehead atoms. The second-order valence-corrected chi connectivity index (χ2v) is 8.35. The summed E-state index contributed by atoms with van der Waals surface area (Å²) in [4.78, 5) is 24.2. The van der Waals surface area contributed by atoms with Gasteiger partial charge in [0.05, 0.1) is 7.11 Å². The number of pyridine rings is 1. The molecule has 1 aliphatic rings. The van der Waals surface area contributed by atoms with E-state index in [-0.39, 0.29) is 5.91 Å². The molecule has 3 heterocycles. The first-order valence-electron chi connectivity index (χ1n) is 10.8. The maximum Gasteiger partial charge on any atom is 0.222 e. The Morgan fingerprint density at radius 2 is 2.07 bits per heavy atom. The fourth-order valence-electron chi connectivity index (χ4n) is 4.46. The van der Waals surface area contributed by atoms with Gasteiger partial charge in [-0.3, -0.25) is 4.79 Å².